The number of carbonyl (C=O) groups excluding carboxylic acids is 1. The Morgan fingerprint density at radius 3 is 2.54 bits per heavy atom. The van der Waals surface area contributed by atoms with Gasteiger partial charge in [0.05, 0.1) is 23.1 Å². The molecule has 4 rings (SSSR count). The lowest BCUT2D eigenvalue weighted by Crippen LogP contribution is -2.28. The molecule has 1 N–H and O–H groups in total. The van der Waals surface area contributed by atoms with Crippen molar-refractivity contribution in [3.05, 3.63) is 54.4 Å². The molecule has 0 saturated carbocycles. The zero-order valence-corrected chi connectivity index (χ0v) is 13.2. The van der Waals surface area contributed by atoms with E-state index in [0.717, 1.165) is 27.9 Å². The smallest absolute Gasteiger partial charge is 0.242 e. The quantitative estimate of drug-likeness (QED) is 0.620. The van der Waals surface area contributed by atoms with Gasteiger partial charge in [-0.15, -0.1) is 5.10 Å². The lowest BCUT2D eigenvalue weighted by molar-refractivity contribution is -0.122. The van der Waals surface area contributed by atoms with Crippen LogP contribution in [0.4, 0.5) is 0 Å². The van der Waals surface area contributed by atoms with Crippen LogP contribution in [0.3, 0.4) is 0 Å². The van der Waals surface area contributed by atoms with Gasteiger partial charge in [-0.1, -0.05) is 29.5 Å². The maximum atomic E-state index is 12.2. The molecule has 0 bridgehead atoms. The second kappa shape index (κ2) is 5.77. The number of carbonyl (C=O) groups is 1. The van der Waals surface area contributed by atoms with Crippen molar-refractivity contribution in [1.82, 2.24) is 29.9 Å². The summed E-state index contributed by atoms with van der Waals surface area (Å²) < 4.78 is 3.58. The molecule has 0 aliphatic carbocycles. The number of amides is 1. The Balaban J connectivity index is 1.47. The minimum Gasteiger partial charge on any atom is -0.347 e. The summed E-state index contributed by atoms with van der Waals surface area (Å²) in [7, 11) is 1.95. The average Bonchev–Trinajstić information content (AvgIpc) is 3.15. The number of nitrogens with zero attached hydrogens (tertiary/aromatic N) is 5. The van der Waals surface area contributed by atoms with Crippen molar-refractivity contribution >= 4 is 28.0 Å². The van der Waals surface area contributed by atoms with Crippen molar-refractivity contribution in [1.29, 1.82) is 0 Å². The molecule has 0 spiro atoms. The molecule has 120 valence electrons. The van der Waals surface area contributed by atoms with E-state index in [1.54, 1.807) is 4.68 Å². The van der Waals surface area contributed by atoms with Crippen LogP contribution in [-0.4, -0.2) is 30.5 Å². The van der Waals surface area contributed by atoms with Crippen LogP contribution < -0.4 is 5.32 Å². The summed E-state index contributed by atoms with van der Waals surface area (Å²) in [6, 6.07) is 15.5. The Bertz CT molecular complexity index is 1030. The van der Waals surface area contributed by atoms with Crippen LogP contribution in [0.25, 0.3) is 22.1 Å². The fourth-order valence-electron chi connectivity index (χ4n) is 2.76. The van der Waals surface area contributed by atoms with E-state index < -0.39 is 0 Å². The van der Waals surface area contributed by atoms with Gasteiger partial charge >= 0.3 is 0 Å². The minimum absolute atomic E-state index is 0.127. The number of hydrogen-bond acceptors (Lipinski definition) is 4. The number of para-hydroxylation sites is 3. The number of fused-ring (bicyclic) bond motifs is 2. The molecule has 7 heteroatoms. The number of benzene rings is 2. The zero-order valence-electron chi connectivity index (χ0n) is 13.2. The fraction of sp³-hybridized carbons (Fsp3) is 0.176. The van der Waals surface area contributed by atoms with E-state index in [9.17, 15) is 4.79 Å². The Morgan fingerprint density at radius 2 is 1.75 bits per heavy atom. The molecular formula is C17H16N6O. The predicted octanol–water partition coefficient (Wildman–Crippen LogP) is 1.63. The molecule has 2 heterocycles. The van der Waals surface area contributed by atoms with Gasteiger partial charge in [-0.2, -0.15) is 0 Å². The molecule has 0 unspecified atom stereocenters. The number of hydrogen-bond donors (Lipinski definition) is 1. The second-order valence-electron chi connectivity index (χ2n) is 5.59. The van der Waals surface area contributed by atoms with E-state index in [4.69, 9.17) is 0 Å². The number of imidazole rings is 1. The first-order valence-corrected chi connectivity index (χ1v) is 7.67. The number of rotatable bonds is 4. The molecule has 0 radical (unpaired) electrons. The number of nitrogens with one attached hydrogen (secondary N) is 1. The van der Waals surface area contributed by atoms with Crippen LogP contribution in [0, 0.1) is 0 Å². The summed E-state index contributed by atoms with van der Waals surface area (Å²) in [6.45, 7) is 0.501. The van der Waals surface area contributed by atoms with Crippen molar-refractivity contribution in [2.24, 2.45) is 7.05 Å². The maximum Gasteiger partial charge on any atom is 0.242 e. The highest BCUT2D eigenvalue weighted by molar-refractivity contribution is 5.80. The molecule has 1 amide bonds. The topological polar surface area (TPSA) is 77.6 Å². The molecule has 24 heavy (non-hydrogen) atoms. The van der Waals surface area contributed by atoms with Gasteiger partial charge in [0.25, 0.3) is 0 Å². The Kier molecular flexibility index (Phi) is 3.45. The SMILES string of the molecule is Cn1c(CNC(=O)Cn2nnc3ccccc32)nc2ccccc21. The summed E-state index contributed by atoms with van der Waals surface area (Å²) in [6.07, 6.45) is 0. The average molecular weight is 320 g/mol. The number of aromatic nitrogens is 5. The Morgan fingerprint density at radius 1 is 1.04 bits per heavy atom. The van der Waals surface area contributed by atoms with Crippen LogP contribution in [-0.2, 0) is 24.9 Å². The van der Waals surface area contributed by atoms with E-state index in [1.807, 2.05) is 60.1 Å². The second-order valence-corrected chi connectivity index (χ2v) is 5.59. The summed E-state index contributed by atoms with van der Waals surface area (Å²) in [5.74, 6) is 0.686. The molecule has 0 fully saturated rings. The summed E-state index contributed by atoms with van der Waals surface area (Å²) in [5.41, 5.74) is 3.59. The monoisotopic (exact) mass is 320 g/mol. The van der Waals surface area contributed by atoms with Crippen LogP contribution in [0.1, 0.15) is 5.82 Å². The highest BCUT2D eigenvalue weighted by Gasteiger charge is 2.11. The molecule has 2 aromatic heterocycles. The fourth-order valence-corrected chi connectivity index (χ4v) is 2.76. The third-order valence-corrected chi connectivity index (χ3v) is 4.04. The van der Waals surface area contributed by atoms with Gasteiger partial charge in [-0.25, -0.2) is 9.67 Å². The van der Waals surface area contributed by atoms with Crippen LogP contribution in [0.5, 0.6) is 0 Å². The number of aryl methyl sites for hydroxylation is 1. The molecule has 2 aromatic carbocycles. The standard InChI is InChI=1S/C17H16N6O/c1-22-14-8-4-2-6-12(14)19-16(22)10-18-17(24)11-23-15-9-5-3-7-13(15)20-21-23/h2-9H,10-11H2,1H3,(H,18,24). The van der Waals surface area contributed by atoms with E-state index in [0.29, 0.717) is 6.54 Å². The lowest BCUT2D eigenvalue weighted by atomic mass is 10.3. The molecule has 0 aliphatic heterocycles. The van der Waals surface area contributed by atoms with E-state index in [1.165, 1.54) is 0 Å². The van der Waals surface area contributed by atoms with Gasteiger partial charge in [-0.3, -0.25) is 4.79 Å². The highest BCUT2D eigenvalue weighted by Crippen LogP contribution is 2.14. The zero-order chi connectivity index (χ0) is 16.5. The molecule has 0 saturated heterocycles. The van der Waals surface area contributed by atoms with Gasteiger partial charge in [0.15, 0.2) is 0 Å². The van der Waals surface area contributed by atoms with E-state index in [2.05, 4.69) is 20.6 Å². The summed E-state index contributed by atoms with van der Waals surface area (Å²) in [4.78, 5) is 16.8. The van der Waals surface area contributed by atoms with Crippen molar-refractivity contribution < 1.29 is 4.79 Å². The van der Waals surface area contributed by atoms with Gasteiger partial charge in [0.1, 0.15) is 17.9 Å². The van der Waals surface area contributed by atoms with Crippen molar-refractivity contribution in [3.63, 3.8) is 0 Å². The Labute approximate surface area is 137 Å². The van der Waals surface area contributed by atoms with Crippen molar-refractivity contribution in [2.45, 2.75) is 13.1 Å². The summed E-state index contributed by atoms with van der Waals surface area (Å²) >= 11 is 0. The third-order valence-electron chi connectivity index (χ3n) is 4.04. The van der Waals surface area contributed by atoms with Gasteiger partial charge in [-0.05, 0) is 24.3 Å². The molecule has 7 nitrogen and oxygen atoms in total. The first-order valence-electron chi connectivity index (χ1n) is 7.67. The van der Waals surface area contributed by atoms with E-state index >= 15 is 0 Å². The lowest BCUT2D eigenvalue weighted by Gasteiger charge is -2.06. The molecule has 0 aliphatic rings. The largest absolute Gasteiger partial charge is 0.347 e. The van der Waals surface area contributed by atoms with Gasteiger partial charge in [0, 0.05) is 7.05 Å². The molecule has 4 aromatic rings. The van der Waals surface area contributed by atoms with E-state index in [-0.39, 0.29) is 12.5 Å². The maximum absolute atomic E-state index is 12.2. The van der Waals surface area contributed by atoms with Crippen molar-refractivity contribution in [3.8, 4) is 0 Å². The first kappa shape index (κ1) is 14.4. The predicted molar refractivity (Wildman–Crippen MR) is 90.1 cm³/mol. The minimum atomic E-state index is -0.127. The normalized spacial score (nSPS) is 11.2. The van der Waals surface area contributed by atoms with Crippen molar-refractivity contribution in [2.75, 3.05) is 0 Å². The van der Waals surface area contributed by atoms with Gasteiger partial charge < -0.3 is 9.88 Å². The highest BCUT2D eigenvalue weighted by atomic mass is 16.2. The third kappa shape index (κ3) is 2.50. The van der Waals surface area contributed by atoms with Crippen LogP contribution in [0.15, 0.2) is 48.5 Å². The van der Waals surface area contributed by atoms with Gasteiger partial charge in [0.2, 0.25) is 5.91 Å². The van der Waals surface area contributed by atoms with Crippen LogP contribution >= 0.6 is 0 Å². The Hall–Kier alpha value is -3.22. The summed E-state index contributed by atoms with van der Waals surface area (Å²) in [5, 5.41) is 11.0. The molecular weight excluding hydrogens is 304 g/mol. The first-order chi connectivity index (χ1) is 11.7. The van der Waals surface area contributed by atoms with Crippen LogP contribution in [0.2, 0.25) is 0 Å². The molecule has 0 atom stereocenters.